The van der Waals surface area contributed by atoms with Crippen molar-refractivity contribution in [3.8, 4) is 0 Å². The Morgan fingerprint density at radius 2 is 1.86 bits per heavy atom. The summed E-state index contributed by atoms with van der Waals surface area (Å²) in [7, 11) is 1.64. The molecule has 29 heavy (non-hydrogen) atoms. The van der Waals surface area contributed by atoms with Crippen LogP contribution >= 0.6 is 0 Å². The summed E-state index contributed by atoms with van der Waals surface area (Å²) in [6, 6.07) is 4.10. The van der Waals surface area contributed by atoms with Gasteiger partial charge < -0.3 is 25.4 Å². The molecule has 1 unspecified atom stereocenters. The first-order chi connectivity index (χ1) is 13.9. The number of amides is 1. The molecule has 1 heterocycles. The number of halogens is 3. The van der Waals surface area contributed by atoms with E-state index < -0.39 is 17.6 Å². The predicted octanol–water partition coefficient (Wildman–Crippen LogP) is 1.80. The molecule has 0 aromatic heterocycles. The highest BCUT2D eigenvalue weighted by atomic mass is 19.4. The lowest BCUT2D eigenvalue weighted by Gasteiger charge is -2.13. The third kappa shape index (κ3) is 8.28. The van der Waals surface area contributed by atoms with Gasteiger partial charge in [-0.15, -0.1) is 0 Å². The average molecular weight is 416 g/mol. The van der Waals surface area contributed by atoms with E-state index in [0.717, 1.165) is 43.7 Å². The molecule has 1 aromatic carbocycles. The number of aliphatic imine (C=N–C) groups is 1. The average Bonchev–Trinajstić information content (AvgIpc) is 3.22. The molecule has 10 heteroatoms. The number of guanidine groups is 1. The molecule has 162 valence electrons. The van der Waals surface area contributed by atoms with Crippen LogP contribution in [0, 0.1) is 0 Å². The molecular weight excluding hydrogens is 389 g/mol. The van der Waals surface area contributed by atoms with Crippen molar-refractivity contribution in [2.24, 2.45) is 4.99 Å². The van der Waals surface area contributed by atoms with Gasteiger partial charge in [0, 0.05) is 45.5 Å². The molecule has 7 nitrogen and oxygen atoms in total. The highest BCUT2D eigenvalue weighted by molar-refractivity contribution is 5.94. The van der Waals surface area contributed by atoms with E-state index in [-0.39, 0.29) is 11.7 Å². The van der Waals surface area contributed by atoms with Crippen molar-refractivity contribution in [3.05, 3.63) is 35.4 Å². The number of ether oxygens (including phenoxy) is 2. The van der Waals surface area contributed by atoms with Gasteiger partial charge in [0.05, 0.1) is 18.3 Å². The molecule has 3 N–H and O–H groups in total. The minimum atomic E-state index is -4.42. The second kappa shape index (κ2) is 11.6. The Kier molecular flexibility index (Phi) is 9.20. The van der Waals surface area contributed by atoms with E-state index in [4.69, 9.17) is 9.47 Å². The zero-order chi connectivity index (χ0) is 21.1. The highest BCUT2D eigenvalue weighted by Gasteiger charge is 2.30. The minimum absolute atomic E-state index is 0.174. The molecule has 2 rings (SSSR count). The fraction of sp³-hybridized carbons (Fsp3) is 0.579. The number of alkyl halides is 3. The van der Waals surface area contributed by atoms with Gasteiger partial charge in [0.1, 0.15) is 0 Å². The van der Waals surface area contributed by atoms with E-state index in [2.05, 4.69) is 20.9 Å². The number of hydrogen-bond donors (Lipinski definition) is 3. The van der Waals surface area contributed by atoms with Crippen molar-refractivity contribution in [1.29, 1.82) is 0 Å². The van der Waals surface area contributed by atoms with Gasteiger partial charge in [-0.3, -0.25) is 9.79 Å². The van der Waals surface area contributed by atoms with Gasteiger partial charge in [0.25, 0.3) is 5.91 Å². The molecule has 1 amide bonds. The summed E-state index contributed by atoms with van der Waals surface area (Å²) >= 11 is 0. The lowest BCUT2D eigenvalue weighted by molar-refractivity contribution is -0.137. The third-order valence-electron chi connectivity index (χ3n) is 4.26. The van der Waals surface area contributed by atoms with Gasteiger partial charge in [-0.2, -0.15) is 13.2 Å². The van der Waals surface area contributed by atoms with Crippen LogP contribution in [-0.2, 0) is 15.7 Å². The number of rotatable bonds is 9. The van der Waals surface area contributed by atoms with Crippen LogP contribution in [0.3, 0.4) is 0 Å². The Hall–Kier alpha value is -2.33. The second-order valence-electron chi connectivity index (χ2n) is 6.47. The SMILES string of the molecule is CN=C(NCCCOC1CCOC1)NCCNC(=O)c1ccc(C(F)(F)F)cc1. The molecule has 1 atom stereocenters. The Labute approximate surface area is 168 Å². The van der Waals surface area contributed by atoms with Gasteiger partial charge in [-0.05, 0) is 37.1 Å². The molecule has 0 radical (unpaired) electrons. The quantitative estimate of drug-likeness (QED) is 0.325. The molecule has 0 saturated carbocycles. The smallest absolute Gasteiger partial charge is 0.379 e. The fourth-order valence-corrected chi connectivity index (χ4v) is 2.66. The topological polar surface area (TPSA) is 84.0 Å². The Balaban J connectivity index is 1.58. The maximum atomic E-state index is 12.5. The van der Waals surface area contributed by atoms with Crippen LogP contribution in [0.2, 0.25) is 0 Å². The van der Waals surface area contributed by atoms with E-state index in [9.17, 15) is 18.0 Å². The summed E-state index contributed by atoms with van der Waals surface area (Å²) in [6.07, 6.45) is -2.46. The number of carbonyl (C=O) groups excluding carboxylic acids is 1. The Bertz CT molecular complexity index is 660. The standard InChI is InChI=1S/C19H27F3N4O3/c1-23-18(25-8-2-11-29-16-7-12-28-13-16)26-10-9-24-17(27)14-3-5-15(6-4-14)19(20,21)22/h3-6,16H,2,7-13H2,1H3,(H,24,27)(H2,23,25,26). The van der Waals surface area contributed by atoms with Crippen LogP contribution in [-0.4, -0.2) is 64.5 Å². The maximum Gasteiger partial charge on any atom is 0.416 e. The molecule has 0 spiro atoms. The number of hydrogen-bond acceptors (Lipinski definition) is 4. The Morgan fingerprint density at radius 3 is 2.48 bits per heavy atom. The largest absolute Gasteiger partial charge is 0.416 e. The van der Waals surface area contributed by atoms with Crippen LogP contribution in [0.4, 0.5) is 13.2 Å². The Morgan fingerprint density at radius 1 is 1.17 bits per heavy atom. The van der Waals surface area contributed by atoms with Gasteiger partial charge in [-0.1, -0.05) is 0 Å². The van der Waals surface area contributed by atoms with Crippen molar-refractivity contribution in [3.63, 3.8) is 0 Å². The monoisotopic (exact) mass is 416 g/mol. The van der Waals surface area contributed by atoms with Gasteiger partial charge in [0.15, 0.2) is 5.96 Å². The van der Waals surface area contributed by atoms with Crippen molar-refractivity contribution < 1.29 is 27.4 Å². The third-order valence-corrected chi connectivity index (χ3v) is 4.26. The molecule has 1 saturated heterocycles. The number of carbonyl (C=O) groups is 1. The second-order valence-corrected chi connectivity index (χ2v) is 6.47. The van der Waals surface area contributed by atoms with Gasteiger partial charge in [-0.25, -0.2) is 0 Å². The van der Waals surface area contributed by atoms with Gasteiger partial charge in [0.2, 0.25) is 0 Å². The lowest BCUT2D eigenvalue weighted by Crippen LogP contribution is -2.42. The van der Waals surface area contributed by atoms with E-state index in [0.29, 0.717) is 38.8 Å². The minimum Gasteiger partial charge on any atom is -0.379 e. The predicted molar refractivity (Wildman–Crippen MR) is 103 cm³/mol. The first kappa shape index (κ1) is 23.0. The lowest BCUT2D eigenvalue weighted by atomic mass is 10.1. The van der Waals surface area contributed by atoms with E-state index in [1.54, 1.807) is 7.05 Å². The van der Waals surface area contributed by atoms with Crippen molar-refractivity contribution >= 4 is 11.9 Å². The van der Waals surface area contributed by atoms with E-state index in [1.165, 1.54) is 0 Å². The molecule has 1 aliphatic rings. The summed E-state index contributed by atoms with van der Waals surface area (Å²) in [5, 5.41) is 8.84. The van der Waals surface area contributed by atoms with E-state index >= 15 is 0 Å². The molecule has 0 bridgehead atoms. The molecule has 1 fully saturated rings. The number of nitrogens with zero attached hydrogens (tertiary/aromatic N) is 1. The number of benzene rings is 1. The maximum absolute atomic E-state index is 12.5. The summed E-state index contributed by atoms with van der Waals surface area (Å²) in [5.74, 6) is 0.162. The molecule has 0 aliphatic carbocycles. The summed E-state index contributed by atoms with van der Waals surface area (Å²) < 4.78 is 48.5. The van der Waals surface area contributed by atoms with Crippen molar-refractivity contribution in [1.82, 2.24) is 16.0 Å². The summed E-state index contributed by atoms with van der Waals surface area (Å²) in [5.41, 5.74) is -0.610. The van der Waals surface area contributed by atoms with Crippen LogP contribution in [0.5, 0.6) is 0 Å². The first-order valence-corrected chi connectivity index (χ1v) is 9.49. The van der Waals surface area contributed by atoms with Crippen LogP contribution in [0.1, 0.15) is 28.8 Å². The molecule has 1 aromatic rings. The number of nitrogens with one attached hydrogen (secondary N) is 3. The van der Waals surface area contributed by atoms with Crippen LogP contribution in [0.15, 0.2) is 29.3 Å². The van der Waals surface area contributed by atoms with Crippen molar-refractivity contribution in [2.75, 3.05) is 46.5 Å². The van der Waals surface area contributed by atoms with Crippen molar-refractivity contribution in [2.45, 2.75) is 25.1 Å². The van der Waals surface area contributed by atoms with Gasteiger partial charge >= 0.3 is 6.18 Å². The first-order valence-electron chi connectivity index (χ1n) is 9.49. The van der Waals surface area contributed by atoms with Crippen LogP contribution < -0.4 is 16.0 Å². The summed E-state index contributed by atoms with van der Waals surface area (Å²) in [4.78, 5) is 16.1. The highest BCUT2D eigenvalue weighted by Crippen LogP contribution is 2.29. The van der Waals surface area contributed by atoms with Crippen LogP contribution in [0.25, 0.3) is 0 Å². The summed E-state index contributed by atoms with van der Waals surface area (Å²) in [6.45, 7) is 3.46. The fourth-order valence-electron chi connectivity index (χ4n) is 2.66. The van der Waals surface area contributed by atoms with E-state index in [1.807, 2.05) is 0 Å². The molecular formula is C19H27F3N4O3. The zero-order valence-corrected chi connectivity index (χ0v) is 16.3. The normalized spacial score (nSPS) is 17.2. The molecule has 1 aliphatic heterocycles. The zero-order valence-electron chi connectivity index (χ0n) is 16.3.